The van der Waals surface area contributed by atoms with E-state index in [0.717, 1.165) is 0 Å². The summed E-state index contributed by atoms with van der Waals surface area (Å²) in [5.74, 6) is 0. The molecule has 0 nitrogen and oxygen atoms in total. The first kappa shape index (κ1) is 12.1. The van der Waals surface area contributed by atoms with Crippen molar-refractivity contribution >= 4 is 24.6 Å². The van der Waals surface area contributed by atoms with Crippen molar-refractivity contribution in [3.8, 4) is 0 Å². The van der Waals surface area contributed by atoms with Gasteiger partial charge in [0.1, 0.15) is 0 Å². The molecule has 17 heavy (non-hydrogen) atoms. The van der Waals surface area contributed by atoms with E-state index in [9.17, 15) is 0 Å². The Hall–Kier alpha value is -1.39. The number of benzene rings is 2. The van der Waals surface area contributed by atoms with Crippen LogP contribution in [0.5, 0.6) is 0 Å². The minimum atomic E-state index is -0.247. The highest BCUT2D eigenvalue weighted by Crippen LogP contribution is 2.34. The summed E-state index contributed by atoms with van der Waals surface area (Å²) in [4.78, 5) is 0. The minimum absolute atomic E-state index is 0.247. The lowest BCUT2D eigenvalue weighted by Crippen LogP contribution is -2.15. The van der Waals surface area contributed by atoms with Crippen LogP contribution in [-0.2, 0) is 0 Å². The first-order chi connectivity index (χ1) is 8.36. The van der Waals surface area contributed by atoms with Crippen molar-refractivity contribution in [2.45, 2.75) is 6.92 Å². The minimum Gasteiger partial charge on any atom is -0.0984 e. The lowest BCUT2D eigenvalue weighted by atomic mass is 10.2. The highest BCUT2D eigenvalue weighted by atomic mass is 31.1. The van der Waals surface area contributed by atoms with Crippen LogP contribution < -0.4 is 10.6 Å². The van der Waals surface area contributed by atoms with Crippen LogP contribution in [0.25, 0.3) is 6.08 Å². The summed E-state index contributed by atoms with van der Waals surface area (Å²) in [5, 5.41) is 2.88. The van der Waals surface area contributed by atoms with Gasteiger partial charge in [0.15, 0.2) is 0 Å². The summed E-state index contributed by atoms with van der Waals surface area (Å²) >= 11 is 0. The second kappa shape index (κ2) is 5.80. The Labute approximate surface area is 105 Å². The van der Waals surface area contributed by atoms with E-state index < -0.39 is 0 Å². The van der Waals surface area contributed by atoms with Crippen molar-refractivity contribution < 1.29 is 0 Å². The number of rotatable bonds is 4. The first-order valence-electron chi connectivity index (χ1n) is 5.91. The molecule has 0 aliphatic rings. The zero-order valence-corrected chi connectivity index (χ0v) is 11.0. The van der Waals surface area contributed by atoms with Crippen LogP contribution in [0, 0.1) is 0 Å². The molecule has 0 saturated heterocycles. The van der Waals surface area contributed by atoms with Gasteiger partial charge in [-0.15, -0.1) is 0 Å². The van der Waals surface area contributed by atoms with Crippen LogP contribution in [0.3, 0.4) is 0 Å². The second-order valence-corrected chi connectivity index (χ2v) is 6.33. The monoisotopic (exact) mass is 240 g/mol. The van der Waals surface area contributed by atoms with Gasteiger partial charge in [0, 0.05) is 0 Å². The molecule has 0 aliphatic heterocycles. The van der Waals surface area contributed by atoms with Crippen LogP contribution in [-0.4, -0.2) is 6.16 Å². The van der Waals surface area contributed by atoms with E-state index in [1.165, 1.54) is 22.3 Å². The van der Waals surface area contributed by atoms with Crippen molar-refractivity contribution in [3.05, 3.63) is 66.7 Å². The predicted octanol–water partition coefficient (Wildman–Crippen LogP) is 3.78. The third-order valence-corrected chi connectivity index (χ3v) is 5.37. The van der Waals surface area contributed by atoms with Gasteiger partial charge < -0.3 is 0 Å². The van der Waals surface area contributed by atoms with Gasteiger partial charge in [0.25, 0.3) is 0 Å². The van der Waals surface area contributed by atoms with Gasteiger partial charge in [0.05, 0.1) is 0 Å². The normalized spacial score (nSPS) is 12.1. The third-order valence-electron chi connectivity index (χ3n) is 2.83. The Kier molecular flexibility index (Phi) is 4.12. The van der Waals surface area contributed by atoms with E-state index in [1.54, 1.807) is 0 Å². The fourth-order valence-electron chi connectivity index (χ4n) is 2.01. The average Bonchev–Trinajstić information content (AvgIpc) is 2.41. The van der Waals surface area contributed by atoms with Crippen LogP contribution >= 0.6 is 7.92 Å². The molecule has 0 aliphatic carbocycles. The molecule has 0 fully saturated rings. The Balaban J connectivity index is 2.46. The predicted molar refractivity (Wildman–Crippen MR) is 79.7 cm³/mol. The molecular weight excluding hydrogens is 223 g/mol. The van der Waals surface area contributed by atoms with Gasteiger partial charge in [0.2, 0.25) is 0 Å². The van der Waals surface area contributed by atoms with Crippen molar-refractivity contribution in [1.82, 2.24) is 0 Å². The Morgan fingerprint density at radius 1 is 1.00 bits per heavy atom. The molecule has 0 aromatic heterocycles. The van der Waals surface area contributed by atoms with Crippen LogP contribution in [0.2, 0.25) is 0 Å². The maximum atomic E-state index is 3.91. The standard InChI is InChI=1S/C16H17P/c1-3-14-10-8-9-13-16(14)17(4-2)15-11-6-5-7-12-15/h3,5-13H,1,4H2,2H3. The quantitative estimate of drug-likeness (QED) is 0.713. The molecule has 2 rings (SSSR count). The summed E-state index contributed by atoms with van der Waals surface area (Å²) in [7, 11) is -0.247. The lowest BCUT2D eigenvalue weighted by molar-refractivity contribution is 1.50. The molecule has 0 radical (unpaired) electrons. The van der Waals surface area contributed by atoms with Crippen LogP contribution in [0.15, 0.2) is 61.2 Å². The molecule has 86 valence electrons. The molecule has 1 atom stereocenters. The average molecular weight is 240 g/mol. The smallest absolute Gasteiger partial charge is 0.0123 e. The van der Waals surface area contributed by atoms with E-state index in [1.807, 2.05) is 6.08 Å². The zero-order valence-electron chi connectivity index (χ0n) is 10.1. The highest BCUT2D eigenvalue weighted by Gasteiger charge is 2.13. The molecule has 0 heterocycles. The SMILES string of the molecule is C=Cc1ccccc1P(CC)c1ccccc1. The summed E-state index contributed by atoms with van der Waals surface area (Å²) in [6.45, 7) is 6.17. The van der Waals surface area contributed by atoms with Crippen LogP contribution in [0.1, 0.15) is 12.5 Å². The van der Waals surface area contributed by atoms with Gasteiger partial charge in [-0.3, -0.25) is 0 Å². The van der Waals surface area contributed by atoms with Gasteiger partial charge in [-0.25, -0.2) is 0 Å². The molecular formula is C16H17P. The van der Waals surface area contributed by atoms with Crippen molar-refractivity contribution in [2.75, 3.05) is 6.16 Å². The highest BCUT2D eigenvalue weighted by molar-refractivity contribution is 7.73. The summed E-state index contributed by atoms with van der Waals surface area (Å²) in [5.41, 5.74) is 1.27. The number of hydrogen-bond acceptors (Lipinski definition) is 0. The fourth-order valence-corrected chi connectivity index (χ4v) is 4.27. The second-order valence-electron chi connectivity index (χ2n) is 3.84. The Morgan fingerprint density at radius 2 is 1.65 bits per heavy atom. The molecule has 0 amide bonds. The Morgan fingerprint density at radius 3 is 2.29 bits per heavy atom. The largest absolute Gasteiger partial charge is 0.0984 e. The van der Waals surface area contributed by atoms with Gasteiger partial charge in [-0.2, -0.15) is 0 Å². The van der Waals surface area contributed by atoms with Gasteiger partial charge in [-0.05, 0) is 30.3 Å². The Bertz CT molecular complexity index is 488. The lowest BCUT2D eigenvalue weighted by Gasteiger charge is -2.18. The summed E-state index contributed by atoms with van der Waals surface area (Å²) in [6.07, 6.45) is 3.13. The molecule has 0 saturated carbocycles. The maximum absolute atomic E-state index is 3.91. The summed E-state index contributed by atoms with van der Waals surface area (Å²) < 4.78 is 0. The fraction of sp³-hybridized carbons (Fsp3) is 0.125. The van der Waals surface area contributed by atoms with E-state index in [0.29, 0.717) is 0 Å². The molecule has 1 heteroatoms. The van der Waals surface area contributed by atoms with Crippen molar-refractivity contribution in [3.63, 3.8) is 0 Å². The molecule has 0 bridgehead atoms. The van der Waals surface area contributed by atoms with Crippen molar-refractivity contribution in [1.29, 1.82) is 0 Å². The molecule has 0 spiro atoms. The van der Waals surface area contributed by atoms with Gasteiger partial charge in [-0.1, -0.05) is 74.2 Å². The molecule has 0 N–H and O–H groups in total. The summed E-state index contributed by atoms with van der Waals surface area (Å²) in [6, 6.07) is 19.4. The molecule has 1 unspecified atom stereocenters. The molecule has 2 aromatic rings. The first-order valence-corrected chi connectivity index (χ1v) is 7.43. The van der Waals surface area contributed by atoms with E-state index >= 15 is 0 Å². The van der Waals surface area contributed by atoms with E-state index in [-0.39, 0.29) is 7.92 Å². The molecule has 2 aromatic carbocycles. The van der Waals surface area contributed by atoms with E-state index in [2.05, 4.69) is 68.1 Å². The topological polar surface area (TPSA) is 0 Å². The zero-order chi connectivity index (χ0) is 12.1. The third kappa shape index (κ3) is 2.65. The van der Waals surface area contributed by atoms with Crippen molar-refractivity contribution in [2.24, 2.45) is 0 Å². The maximum Gasteiger partial charge on any atom is -0.0123 e. The van der Waals surface area contributed by atoms with E-state index in [4.69, 9.17) is 0 Å². The van der Waals surface area contributed by atoms with Crippen LogP contribution in [0.4, 0.5) is 0 Å². The van der Waals surface area contributed by atoms with Gasteiger partial charge >= 0.3 is 0 Å². The number of hydrogen-bond donors (Lipinski definition) is 0.